The highest BCUT2D eigenvalue weighted by Gasteiger charge is 2.38. The fraction of sp³-hybridized carbons (Fsp3) is 0.444. The van der Waals surface area contributed by atoms with E-state index in [1.54, 1.807) is 0 Å². The molecule has 1 atom stereocenters. The van der Waals surface area contributed by atoms with Crippen LogP contribution in [-0.2, 0) is 6.54 Å². The first-order valence-corrected chi connectivity index (χ1v) is 4.37. The van der Waals surface area contributed by atoms with Crippen LogP contribution in [0.4, 0.5) is 13.2 Å². The smallest absolute Gasteiger partial charge is 0.330 e. The largest absolute Gasteiger partial charge is 0.394 e. The van der Waals surface area contributed by atoms with Gasteiger partial charge in [-0.15, -0.1) is 0 Å². The van der Waals surface area contributed by atoms with Gasteiger partial charge in [-0.25, -0.2) is 0 Å². The molecule has 3 nitrogen and oxygen atoms in total. The molecule has 0 aromatic carbocycles. The molecule has 6 heteroatoms. The van der Waals surface area contributed by atoms with E-state index in [4.69, 9.17) is 5.73 Å². The first-order chi connectivity index (χ1) is 6.95. The third kappa shape index (κ3) is 3.09. The zero-order valence-electron chi connectivity index (χ0n) is 7.87. The van der Waals surface area contributed by atoms with Crippen molar-refractivity contribution in [3.05, 3.63) is 34.7 Å². The molecule has 1 unspecified atom stereocenters. The Hall–Kier alpha value is -1.30. The Kier molecular flexibility index (Phi) is 3.52. The summed E-state index contributed by atoms with van der Waals surface area (Å²) in [7, 11) is 0. The van der Waals surface area contributed by atoms with Crippen molar-refractivity contribution in [2.75, 3.05) is 6.54 Å². The van der Waals surface area contributed by atoms with Crippen LogP contribution in [0.25, 0.3) is 0 Å². The van der Waals surface area contributed by atoms with Crippen molar-refractivity contribution in [1.82, 2.24) is 4.57 Å². The molecule has 0 aliphatic carbocycles. The van der Waals surface area contributed by atoms with Gasteiger partial charge < -0.3 is 10.3 Å². The molecule has 1 aromatic heterocycles. The van der Waals surface area contributed by atoms with Gasteiger partial charge in [0.25, 0.3) is 5.56 Å². The molecule has 1 heterocycles. The Bertz CT molecular complexity index is 372. The molecule has 1 rings (SSSR count). The summed E-state index contributed by atoms with van der Waals surface area (Å²) in [5, 5.41) is 0. The highest BCUT2D eigenvalue weighted by atomic mass is 19.4. The first-order valence-electron chi connectivity index (χ1n) is 4.37. The fourth-order valence-electron chi connectivity index (χ4n) is 1.16. The molecule has 0 saturated heterocycles. The Morgan fingerprint density at radius 2 is 2.07 bits per heavy atom. The molecule has 0 bridgehead atoms. The maximum atomic E-state index is 12.3. The summed E-state index contributed by atoms with van der Waals surface area (Å²) in [4.78, 5) is 11.2. The molecule has 15 heavy (non-hydrogen) atoms. The number of nitrogens with two attached hydrogens (primary N) is 1. The van der Waals surface area contributed by atoms with Gasteiger partial charge >= 0.3 is 6.18 Å². The van der Waals surface area contributed by atoms with Crippen LogP contribution in [0.15, 0.2) is 29.2 Å². The summed E-state index contributed by atoms with van der Waals surface area (Å²) in [6.45, 7) is -0.954. The number of alkyl halides is 3. The monoisotopic (exact) mass is 220 g/mol. The predicted octanol–water partition coefficient (Wildman–Crippen LogP) is 0.985. The number of hydrogen-bond donors (Lipinski definition) is 1. The molecule has 0 aliphatic rings. The SMILES string of the molecule is NCC(Cn1ccccc1=O)C(F)(F)F. The van der Waals surface area contributed by atoms with Crippen LogP contribution >= 0.6 is 0 Å². The molecule has 2 N–H and O–H groups in total. The van der Waals surface area contributed by atoms with Crippen molar-refractivity contribution in [2.24, 2.45) is 11.7 Å². The van der Waals surface area contributed by atoms with Gasteiger partial charge in [0.15, 0.2) is 0 Å². The van der Waals surface area contributed by atoms with Crippen molar-refractivity contribution in [3.8, 4) is 0 Å². The number of aromatic nitrogens is 1. The van der Waals surface area contributed by atoms with Crippen LogP contribution in [0.5, 0.6) is 0 Å². The van der Waals surface area contributed by atoms with Crippen LogP contribution in [0.3, 0.4) is 0 Å². The lowest BCUT2D eigenvalue weighted by atomic mass is 10.1. The van der Waals surface area contributed by atoms with Gasteiger partial charge in [0.05, 0.1) is 5.92 Å². The standard InChI is InChI=1S/C9H11F3N2O/c10-9(11,12)7(5-13)6-14-4-2-1-3-8(14)15/h1-4,7H,5-6,13H2. The second kappa shape index (κ2) is 4.48. The van der Waals surface area contributed by atoms with Crippen molar-refractivity contribution < 1.29 is 13.2 Å². The molecular weight excluding hydrogens is 209 g/mol. The van der Waals surface area contributed by atoms with E-state index in [0.717, 1.165) is 4.57 Å². The van der Waals surface area contributed by atoms with E-state index >= 15 is 0 Å². The lowest BCUT2D eigenvalue weighted by molar-refractivity contribution is -0.175. The molecule has 84 valence electrons. The Labute approximate surface area is 84.3 Å². The normalized spacial score (nSPS) is 13.9. The number of rotatable bonds is 3. The summed E-state index contributed by atoms with van der Waals surface area (Å²) < 4.78 is 38.0. The minimum absolute atomic E-state index is 0.431. The summed E-state index contributed by atoms with van der Waals surface area (Å²) in [5.41, 5.74) is 4.56. The van der Waals surface area contributed by atoms with Gasteiger partial charge in [0.2, 0.25) is 0 Å². The molecule has 0 amide bonds. The zero-order valence-corrected chi connectivity index (χ0v) is 7.87. The minimum Gasteiger partial charge on any atom is -0.330 e. The maximum Gasteiger partial charge on any atom is 0.394 e. The van der Waals surface area contributed by atoms with Crippen LogP contribution in [0, 0.1) is 5.92 Å². The van der Waals surface area contributed by atoms with E-state index in [0.29, 0.717) is 0 Å². The molecule has 1 aromatic rings. The predicted molar refractivity (Wildman–Crippen MR) is 49.3 cm³/mol. The van der Waals surface area contributed by atoms with Crippen LogP contribution < -0.4 is 11.3 Å². The third-order valence-corrected chi connectivity index (χ3v) is 2.06. The number of nitrogens with zero attached hydrogens (tertiary/aromatic N) is 1. The molecule has 0 spiro atoms. The van der Waals surface area contributed by atoms with Gasteiger partial charge in [-0.2, -0.15) is 13.2 Å². The second-order valence-electron chi connectivity index (χ2n) is 3.17. The number of halogens is 3. The topological polar surface area (TPSA) is 48.0 Å². The van der Waals surface area contributed by atoms with E-state index in [9.17, 15) is 18.0 Å². The van der Waals surface area contributed by atoms with E-state index in [2.05, 4.69) is 0 Å². The summed E-state index contributed by atoms with van der Waals surface area (Å²) in [5.74, 6) is -1.68. The molecule has 0 saturated carbocycles. The van der Waals surface area contributed by atoms with Crippen molar-refractivity contribution in [1.29, 1.82) is 0 Å². The Morgan fingerprint density at radius 1 is 1.40 bits per heavy atom. The fourth-order valence-corrected chi connectivity index (χ4v) is 1.16. The zero-order chi connectivity index (χ0) is 11.5. The molecule has 0 fully saturated rings. The Morgan fingerprint density at radius 3 is 2.53 bits per heavy atom. The molecular formula is C9H11F3N2O. The summed E-state index contributed by atoms with van der Waals surface area (Å²) >= 11 is 0. The number of hydrogen-bond acceptors (Lipinski definition) is 2. The van der Waals surface area contributed by atoms with Gasteiger partial charge in [-0.05, 0) is 6.07 Å². The van der Waals surface area contributed by atoms with Gasteiger partial charge in [0, 0.05) is 25.4 Å². The van der Waals surface area contributed by atoms with Gasteiger partial charge in [0.1, 0.15) is 0 Å². The summed E-state index contributed by atoms with van der Waals surface area (Å²) in [6.07, 6.45) is -3.05. The Balaban J connectivity index is 2.85. The second-order valence-corrected chi connectivity index (χ2v) is 3.17. The van der Waals surface area contributed by atoms with E-state index in [-0.39, 0.29) is 0 Å². The first kappa shape index (κ1) is 11.8. The average molecular weight is 220 g/mol. The summed E-state index contributed by atoms with van der Waals surface area (Å²) in [6, 6.07) is 4.19. The highest BCUT2D eigenvalue weighted by molar-refractivity contribution is 4.93. The average Bonchev–Trinajstić information content (AvgIpc) is 2.14. The van der Waals surface area contributed by atoms with Crippen LogP contribution in [0.1, 0.15) is 0 Å². The molecule has 0 radical (unpaired) electrons. The highest BCUT2D eigenvalue weighted by Crippen LogP contribution is 2.26. The van der Waals surface area contributed by atoms with Gasteiger partial charge in [-0.1, -0.05) is 6.07 Å². The van der Waals surface area contributed by atoms with Crippen LogP contribution in [0.2, 0.25) is 0 Å². The van der Waals surface area contributed by atoms with Crippen LogP contribution in [-0.4, -0.2) is 17.3 Å². The van der Waals surface area contributed by atoms with Crippen molar-refractivity contribution in [3.63, 3.8) is 0 Å². The lowest BCUT2D eigenvalue weighted by Gasteiger charge is -2.19. The van der Waals surface area contributed by atoms with E-state index in [1.807, 2.05) is 0 Å². The third-order valence-electron chi connectivity index (χ3n) is 2.06. The van der Waals surface area contributed by atoms with E-state index in [1.165, 1.54) is 24.4 Å². The molecule has 0 aliphatic heterocycles. The maximum absolute atomic E-state index is 12.3. The van der Waals surface area contributed by atoms with Gasteiger partial charge in [-0.3, -0.25) is 4.79 Å². The number of pyridine rings is 1. The van der Waals surface area contributed by atoms with E-state index < -0.39 is 30.7 Å². The lowest BCUT2D eigenvalue weighted by Crippen LogP contribution is -2.36. The minimum atomic E-state index is -4.37. The quantitative estimate of drug-likeness (QED) is 0.825. The van der Waals surface area contributed by atoms with Crippen molar-refractivity contribution in [2.45, 2.75) is 12.7 Å². The van der Waals surface area contributed by atoms with Crippen molar-refractivity contribution >= 4 is 0 Å².